The Kier molecular flexibility index (Phi) is 14.4. The van der Waals surface area contributed by atoms with Gasteiger partial charge in [0.05, 0.1) is 40.9 Å². The molecule has 4 aromatic carbocycles. The van der Waals surface area contributed by atoms with Crippen molar-refractivity contribution in [3.05, 3.63) is 128 Å². The standard InChI is InChI=1S/C50H55Cl2F2N5O5/c1-29-12-19-35(38(53)24-29)50(28-56)39(26-47(2,3)4)58-42(40(50)34-10-9-11-36(51)41(34)54)44(61)57-20-21-62-22-23-63-32-16-13-30(14-17-32)43(60)59-45-48(5,6)46(49(45,7)8)64-33-18-15-31(27-55)37(52)25-33/h9-19,24-25,39-40,42,45-46,58H,20-23,26H2,1-8H3,(H,57,61)(H,59,60)/t39-,40-,42?,45?,46?,50-/m0/s1. The summed E-state index contributed by atoms with van der Waals surface area (Å²) in [6.07, 6.45) is 0.140. The summed E-state index contributed by atoms with van der Waals surface area (Å²) in [5.41, 5.74) is -1.25. The number of hydrogen-bond acceptors (Lipinski definition) is 8. The minimum absolute atomic E-state index is 0.0402. The molecule has 1 saturated carbocycles. The van der Waals surface area contributed by atoms with E-state index in [4.69, 9.17) is 37.4 Å². The number of nitrogens with zero attached hydrogens (tertiary/aromatic N) is 2. The van der Waals surface area contributed by atoms with Gasteiger partial charge in [0.25, 0.3) is 5.91 Å². The first-order chi connectivity index (χ1) is 30.1. The molecule has 1 unspecified atom stereocenters. The van der Waals surface area contributed by atoms with Crippen molar-refractivity contribution in [2.75, 3.05) is 26.4 Å². The molecule has 1 heterocycles. The van der Waals surface area contributed by atoms with Crippen LogP contribution in [0.2, 0.25) is 10.0 Å². The maximum atomic E-state index is 16.0. The van der Waals surface area contributed by atoms with Crippen LogP contribution >= 0.6 is 23.2 Å². The molecule has 2 fully saturated rings. The van der Waals surface area contributed by atoms with Gasteiger partial charge in [0, 0.05) is 52.6 Å². The van der Waals surface area contributed by atoms with Gasteiger partial charge in [-0.05, 0) is 78.4 Å². The van der Waals surface area contributed by atoms with Crippen molar-refractivity contribution < 1.29 is 32.6 Å². The highest BCUT2D eigenvalue weighted by atomic mass is 35.5. The van der Waals surface area contributed by atoms with Crippen LogP contribution < -0.4 is 25.4 Å². The Labute approximate surface area is 384 Å². The summed E-state index contributed by atoms with van der Waals surface area (Å²) in [6, 6.07) is 23.2. The first-order valence-electron chi connectivity index (χ1n) is 21.3. The van der Waals surface area contributed by atoms with E-state index in [0.29, 0.717) is 39.6 Å². The number of carbonyl (C=O) groups excluding carboxylic acids is 2. The Bertz CT molecular complexity index is 2450. The van der Waals surface area contributed by atoms with Gasteiger partial charge in [-0.1, -0.05) is 95.9 Å². The van der Waals surface area contributed by atoms with E-state index in [-0.39, 0.29) is 66.0 Å². The molecule has 2 aliphatic rings. The van der Waals surface area contributed by atoms with Gasteiger partial charge in [-0.15, -0.1) is 0 Å². The number of benzene rings is 4. The SMILES string of the molecule is Cc1ccc([C@@]2(C#N)[C@H](CC(C)(C)C)NC(C(=O)NCCOCCOc3ccc(C(=O)NC4C(C)(C)C(Oc5ccc(C#N)c(Cl)c5)C4(C)C)cc3)[C@@H]2c2cccc(Cl)c2F)c(F)c1. The number of nitriles is 2. The molecule has 1 saturated heterocycles. The first kappa shape index (κ1) is 48.2. The van der Waals surface area contributed by atoms with Crippen LogP contribution in [0.1, 0.15) is 93.4 Å². The molecule has 3 N–H and O–H groups in total. The topological polar surface area (TPSA) is 146 Å². The smallest absolute Gasteiger partial charge is 0.251 e. The van der Waals surface area contributed by atoms with Crippen molar-refractivity contribution in [3.8, 4) is 23.6 Å². The first-order valence-corrected chi connectivity index (χ1v) is 22.0. The average Bonchev–Trinajstić information content (AvgIpc) is 3.55. The Morgan fingerprint density at radius 3 is 2.19 bits per heavy atom. The molecule has 14 heteroatoms. The molecule has 4 aromatic rings. The predicted octanol–water partition coefficient (Wildman–Crippen LogP) is 9.60. The highest BCUT2D eigenvalue weighted by Gasteiger charge is 2.64. The zero-order valence-corrected chi connectivity index (χ0v) is 38.9. The van der Waals surface area contributed by atoms with Crippen LogP contribution in [0.15, 0.2) is 78.9 Å². The number of aryl methyl sites for hydroxylation is 1. The highest BCUT2D eigenvalue weighted by Crippen LogP contribution is 2.56. The molecule has 64 heavy (non-hydrogen) atoms. The van der Waals surface area contributed by atoms with Crippen molar-refractivity contribution in [2.24, 2.45) is 16.2 Å². The van der Waals surface area contributed by atoms with Gasteiger partial charge in [-0.3, -0.25) is 9.59 Å². The van der Waals surface area contributed by atoms with Gasteiger partial charge in [0.1, 0.15) is 47.3 Å². The van der Waals surface area contributed by atoms with Crippen LogP contribution in [0.3, 0.4) is 0 Å². The molecular formula is C50H55Cl2F2N5O5. The number of carbonyl (C=O) groups is 2. The Hall–Kier alpha value is -5.24. The van der Waals surface area contributed by atoms with Crippen LogP contribution in [0.25, 0.3) is 0 Å². The van der Waals surface area contributed by atoms with Gasteiger partial charge in [-0.2, -0.15) is 10.5 Å². The van der Waals surface area contributed by atoms with Gasteiger partial charge in [0.15, 0.2) is 0 Å². The van der Waals surface area contributed by atoms with Crippen LogP contribution in [-0.4, -0.2) is 62.4 Å². The van der Waals surface area contributed by atoms with E-state index in [0.717, 1.165) is 0 Å². The molecule has 6 rings (SSSR count). The van der Waals surface area contributed by atoms with Gasteiger partial charge in [0.2, 0.25) is 5.91 Å². The second-order valence-corrected chi connectivity index (χ2v) is 19.9. The van der Waals surface area contributed by atoms with Gasteiger partial charge >= 0.3 is 0 Å². The zero-order chi connectivity index (χ0) is 46.8. The molecule has 0 bridgehead atoms. The third kappa shape index (κ3) is 9.72. The van der Waals surface area contributed by atoms with Crippen LogP contribution in [-0.2, 0) is 14.9 Å². The molecule has 2 amide bonds. The lowest BCUT2D eigenvalue weighted by Crippen LogP contribution is -2.74. The van der Waals surface area contributed by atoms with E-state index < -0.39 is 51.8 Å². The van der Waals surface area contributed by atoms with Gasteiger partial charge in [-0.25, -0.2) is 8.78 Å². The molecule has 338 valence electrons. The summed E-state index contributed by atoms with van der Waals surface area (Å²) in [6.45, 7) is 16.5. The lowest BCUT2D eigenvalue weighted by atomic mass is 9.49. The maximum absolute atomic E-state index is 16.0. The molecule has 0 aromatic heterocycles. The van der Waals surface area contributed by atoms with E-state index in [1.807, 2.05) is 54.5 Å². The molecular weight excluding hydrogens is 859 g/mol. The fourth-order valence-electron chi connectivity index (χ4n) is 9.88. The predicted molar refractivity (Wildman–Crippen MR) is 243 cm³/mol. The fourth-order valence-corrected chi connectivity index (χ4v) is 10.3. The van der Waals surface area contributed by atoms with Crippen molar-refractivity contribution in [3.63, 3.8) is 0 Å². The third-order valence-corrected chi connectivity index (χ3v) is 13.1. The largest absolute Gasteiger partial charge is 0.491 e. The minimum atomic E-state index is -1.68. The number of amides is 2. The monoisotopic (exact) mass is 913 g/mol. The lowest BCUT2D eigenvalue weighted by molar-refractivity contribution is -0.164. The Balaban J connectivity index is 1.02. The minimum Gasteiger partial charge on any atom is -0.491 e. The summed E-state index contributed by atoms with van der Waals surface area (Å²) >= 11 is 12.5. The normalized spacial score (nSPS) is 23.2. The quantitative estimate of drug-likeness (QED) is 0.100. The highest BCUT2D eigenvalue weighted by molar-refractivity contribution is 6.32. The Morgan fingerprint density at radius 1 is 0.875 bits per heavy atom. The second kappa shape index (κ2) is 19.1. The summed E-state index contributed by atoms with van der Waals surface area (Å²) < 4.78 is 49.9. The van der Waals surface area contributed by atoms with Gasteiger partial charge < -0.3 is 30.2 Å². The number of ether oxygens (including phenoxy) is 3. The molecule has 0 spiro atoms. The second-order valence-electron chi connectivity index (χ2n) is 19.1. The summed E-state index contributed by atoms with van der Waals surface area (Å²) in [7, 11) is 0. The van der Waals surface area contributed by atoms with Crippen molar-refractivity contribution >= 4 is 35.0 Å². The number of hydrogen-bond donors (Lipinski definition) is 3. The number of rotatable bonds is 15. The molecule has 1 aliphatic heterocycles. The van der Waals surface area contributed by atoms with E-state index in [1.54, 1.807) is 67.6 Å². The summed E-state index contributed by atoms with van der Waals surface area (Å²) in [5, 5.41) is 29.8. The van der Waals surface area contributed by atoms with E-state index in [1.165, 1.54) is 18.2 Å². The van der Waals surface area contributed by atoms with Crippen molar-refractivity contribution in [1.29, 1.82) is 10.5 Å². The van der Waals surface area contributed by atoms with E-state index in [2.05, 4.69) is 22.0 Å². The molecule has 4 atom stereocenters. The van der Waals surface area contributed by atoms with Crippen LogP contribution in [0.5, 0.6) is 11.5 Å². The summed E-state index contributed by atoms with van der Waals surface area (Å²) in [4.78, 5) is 27.4. The Morgan fingerprint density at radius 2 is 1.56 bits per heavy atom. The van der Waals surface area contributed by atoms with E-state index in [9.17, 15) is 20.1 Å². The van der Waals surface area contributed by atoms with Crippen molar-refractivity contribution in [1.82, 2.24) is 16.0 Å². The van der Waals surface area contributed by atoms with Crippen molar-refractivity contribution in [2.45, 2.75) is 97.4 Å². The average molecular weight is 915 g/mol. The zero-order valence-electron chi connectivity index (χ0n) is 37.4. The molecule has 10 nitrogen and oxygen atoms in total. The fraction of sp³-hybridized carbons (Fsp3) is 0.440. The number of halogens is 4. The number of nitrogens with one attached hydrogen (secondary N) is 3. The van der Waals surface area contributed by atoms with Crippen LogP contribution in [0.4, 0.5) is 8.78 Å². The van der Waals surface area contributed by atoms with Crippen LogP contribution in [0, 0.1) is 57.5 Å². The molecule has 0 radical (unpaired) electrons. The molecule has 1 aliphatic carbocycles. The summed E-state index contributed by atoms with van der Waals surface area (Å²) in [5.74, 6) is -2.16. The van der Waals surface area contributed by atoms with E-state index >= 15 is 8.78 Å². The lowest BCUT2D eigenvalue weighted by Gasteiger charge is -2.63. The third-order valence-electron chi connectivity index (χ3n) is 12.5. The maximum Gasteiger partial charge on any atom is 0.251 e.